The maximum absolute atomic E-state index is 12.6. The Balaban J connectivity index is 1.41. The highest BCUT2D eigenvalue weighted by Gasteiger charge is 2.56. The lowest BCUT2D eigenvalue weighted by molar-refractivity contribution is -0.134. The molecule has 2 aromatic carbocycles. The van der Waals surface area contributed by atoms with Gasteiger partial charge in [0, 0.05) is 16.8 Å². The fraction of sp³-hybridized carbons (Fsp3) is 0.261. The van der Waals surface area contributed by atoms with E-state index in [-0.39, 0.29) is 18.4 Å². The summed E-state index contributed by atoms with van der Waals surface area (Å²) in [6.07, 6.45) is 1.83. The SMILES string of the molecule is CC1(C2CC2)NC(=O)N(CC(=O)Nc2cccc(C#Cc3ccccc3)c2)C1=O. The maximum atomic E-state index is 12.6. The number of rotatable bonds is 4. The Hall–Kier alpha value is -3.59. The van der Waals surface area contributed by atoms with Crippen LogP contribution in [0.5, 0.6) is 0 Å². The topological polar surface area (TPSA) is 78.5 Å². The summed E-state index contributed by atoms with van der Waals surface area (Å²) in [4.78, 5) is 38.2. The highest BCUT2D eigenvalue weighted by Crippen LogP contribution is 2.42. The first-order chi connectivity index (χ1) is 14.0. The van der Waals surface area contributed by atoms with Crippen molar-refractivity contribution >= 4 is 23.5 Å². The summed E-state index contributed by atoms with van der Waals surface area (Å²) >= 11 is 0. The number of nitrogens with zero attached hydrogens (tertiary/aromatic N) is 1. The van der Waals surface area contributed by atoms with Crippen molar-refractivity contribution in [3.63, 3.8) is 0 Å². The average Bonchev–Trinajstić information content (AvgIpc) is 3.54. The molecule has 1 saturated carbocycles. The van der Waals surface area contributed by atoms with Crippen LogP contribution in [0.3, 0.4) is 0 Å². The monoisotopic (exact) mass is 387 g/mol. The summed E-state index contributed by atoms with van der Waals surface area (Å²) in [5.74, 6) is 5.53. The van der Waals surface area contributed by atoms with Crippen molar-refractivity contribution < 1.29 is 14.4 Å². The summed E-state index contributed by atoms with van der Waals surface area (Å²) in [6, 6.07) is 16.3. The van der Waals surface area contributed by atoms with Crippen molar-refractivity contribution in [3.05, 3.63) is 65.7 Å². The quantitative estimate of drug-likeness (QED) is 0.625. The van der Waals surface area contributed by atoms with E-state index in [0.717, 1.165) is 28.9 Å². The summed E-state index contributed by atoms with van der Waals surface area (Å²) in [5.41, 5.74) is 1.33. The molecule has 1 saturated heterocycles. The van der Waals surface area contributed by atoms with E-state index in [4.69, 9.17) is 0 Å². The number of carbonyl (C=O) groups excluding carboxylic acids is 3. The molecule has 4 amide bonds. The Bertz CT molecular complexity index is 1030. The Labute approximate surface area is 169 Å². The van der Waals surface area contributed by atoms with E-state index in [0.29, 0.717) is 5.69 Å². The van der Waals surface area contributed by atoms with E-state index in [1.54, 1.807) is 25.1 Å². The molecule has 29 heavy (non-hydrogen) atoms. The second-order valence-corrected chi connectivity index (χ2v) is 7.54. The molecular weight excluding hydrogens is 366 g/mol. The maximum Gasteiger partial charge on any atom is 0.325 e. The fourth-order valence-corrected chi connectivity index (χ4v) is 3.48. The molecule has 2 fully saturated rings. The van der Waals surface area contributed by atoms with Gasteiger partial charge in [-0.15, -0.1) is 0 Å². The van der Waals surface area contributed by atoms with Gasteiger partial charge in [-0.2, -0.15) is 0 Å². The Morgan fingerprint density at radius 1 is 1.10 bits per heavy atom. The van der Waals surface area contributed by atoms with Crippen LogP contribution in [0.4, 0.5) is 10.5 Å². The number of anilines is 1. The van der Waals surface area contributed by atoms with E-state index < -0.39 is 17.5 Å². The van der Waals surface area contributed by atoms with Gasteiger partial charge in [0.05, 0.1) is 0 Å². The number of carbonyl (C=O) groups is 3. The molecule has 146 valence electrons. The van der Waals surface area contributed by atoms with E-state index in [1.807, 2.05) is 36.4 Å². The van der Waals surface area contributed by atoms with E-state index >= 15 is 0 Å². The number of nitrogens with one attached hydrogen (secondary N) is 2. The third-order valence-electron chi connectivity index (χ3n) is 5.27. The van der Waals surface area contributed by atoms with Crippen LogP contribution in [0.15, 0.2) is 54.6 Å². The Morgan fingerprint density at radius 3 is 2.52 bits per heavy atom. The van der Waals surface area contributed by atoms with Crippen LogP contribution < -0.4 is 10.6 Å². The second-order valence-electron chi connectivity index (χ2n) is 7.54. The highest BCUT2D eigenvalue weighted by molar-refractivity contribution is 6.10. The molecular formula is C23H21N3O3. The number of imide groups is 1. The molecule has 2 aliphatic rings. The molecule has 1 heterocycles. The lowest BCUT2D eigenvalue weighted by Crippen LogP contribution is -2.46. The van der Waals surface area contributed by atoms with Gasteiger partial charge in [-0.3, -0.25) is 14.5 Å². The third-order valence-corrected chi connectivity index (χ3v) is 5.27. The third kappa shape index (κ3) is 3.99. The summed E-state index contributed by atoms with van der Waals surface area (Å²) in [7, 11) is 0. The zero-order chi connectivity index (χ0) is 20.4. The van der Waals surface area contributed by atoms with Crippen molar-refractivity contribution in [1.29, 1.82) is 0 Å². The largest absolute Gasteiger partial charge is 0.325 e. The fourth-order valence-electron chi connectivity index (χ4n) is 3.48. The zero-order valence-electron chi connectivity index (χ0n) is 16.1. The van der Waals surface area contributed by atoms with Crippen molar-refractivity contribution in [3.8, 4) is 11.8 Å². The Kier molecular flexibility index (Phi) is 4.81. The molecule has 1 atom stereocenters. The molecule has 1 unspecified atom stereocenters. The van der Waals surface area contributed by atoms with Gasteiger partial charge in [0.1, 0.15) is 12.1 Å². The molecule has 0 bridgehead atoms. The molecule has 6 heteroatoms. The zero-order valence-corrected chi connectivity index (χ0v) is 16.1. The normalized spacial score (nSPS) is 20.7. The first-order valence-electron chi connectivity index (χ1n) is 9.57. The number of hydrogen-bond acceptors (Lipinski definition) is 3. The van der Waals surface area contributed by atoms with Gasteiger partial charge in [-0.1, -0.05) is 36.1 Å². The van der Waals surface area contributed by atoms with Crippen LogP contribution in [0, 0.1) is 17.8 Å². The Morgan fingerprint density at radius 2 is 1.79 bits per heavy atom. The minimum absolute atomic E-state index is 0.159. The number of amides is 4. The summed E-state index contributed by atoms with van der Waals surface area (Å²) in [5, 5.41) is 5.48. The summed E-state index contributed by atoms with van der Waals surface area (Å²) < 4.78 is 0. The predicted octanol–water partition coefficient (Wildman–Crippen LogP) is 2.75. The van der Waals surface area contributed by atoms with Crippen LogP contribution >= 0.6 is 0 Å². The van der Waals surface area contributed by atoms with Crippen LogP contribution in [0.25, 0.3) is 0 Å². The van der Waals surface area contributed by atoms with Gasteiger partial charge in [0.25, 0.3) is 5.91 Å². The van der Waals surface area contributed by atoms with Gasteiger partial charge in [0.2, 0.25) is 5.91 Å². The van der Waals surface area contributed by atoms with Crippen LogP contribution in [-0.4, -0.2) is 34.8 Å². The summed E-state index contributed by atoms with van der Waals surface area (Å²) in [6.45, 7) is 1.42. The predicted molar refractivity (Wildman–Crippen MR) is 109 cm³/mol. The number of urea groups is 1. The van der Waals surface area contributed by atoms with E-state index in [9.17, 15) is 14.4 Å². The van der Waals surface area contributed by atoms with Gasteiger partial charge >= 0.3 is 6.03 Å². The molecule has 2 N–H and O–H groups in total. The second kappa shape index (κ2) is 7.44. The number of benzene rings is 2. The highest BCUT2D eigenvalue weighted by atomic mass is 16.2. The molecule has 0 spiro atoms. The smallest absolute Gasteiger partial charge is 0.324 e. The molecule has 1 aliphatic carbocycles. The van der Waals surface area contributed by atoms with E-state index in [2.05, 4.69) is 22.5 Å². The minimum Gasteiger partial charge on any atom is -0.324 e. The van der Waals surface area contributed by atoms with Crippen LogP contribution in [0.2, 0.25) is 0 Å². The molecule has 4 rings (SSSR count). The van der Waals surface area contributed by atoms with Crippen LogP contribution in [0.1, 0.15) is 30.9 Å². The lowest BCUT2D eigenvalue weighted by atomic mass is 9.96. The first kappa shape index (κ1) is 18.8. The number of hydrogen-bond donors (Lipinski definition) is 2. The minimum atomic E-state index is -0.885. The van der Waals surface area contributed by atoms with Crippen molar-refractivity contribution in [1.82, 2.24) is 10.2 Å². The van der Waals surface area contributed by atoms with Gasteiger partial charge in [0.15, 0.2) is 0 Å². The molecule has 0 radical (unpaired) electrons. The molecule has 1 aliphatic heterocycles. The van der Waals surface area contributed by atoms with Gasteiger partial charge in [-0.25, -0.2) is 4.79 Å². The van der Waals surface area contributed by atoms with Gasteiger partial charge < -0.3 is 10.6 Å². The van der Waals surface area contributed by atoms with Crippen molar-refractivity contribution in [2.45, 2.75) is 25.3 Å². The molecule has 2 aromatic rings. The first-order valence-corrected chi connectivity index (χ1v) is 9.57. The molecule has 6 nitrogen and oxygen atoms in total. The standard InChI is InChI=1S/C23H21N3O3/c1-23(18-12-13-18)21(28)26(22(29)25-23)15-20(27)24-19-9-5-8-17(14-19)11-10-16-6-3-2-4-7-16/h2-9,14,18H,12-13,15H2,1H3,(H,24,27)(H,25,29). The van der Waals surface area contributed by atoms with Crippen molar-refractivity contribution in [2.24, 2.45) is 5.92 Å². The van der Waals surface area contributed by atoms with Crippen LogP contribution in [-0.2, 0) is 9.59 Å². The molecule has 0 aromatic heterocycles. The lowest BCUT2D eigenvalue weighted by Gasteiger charge is -2.20. The van der Waals surface area contributed by atoms with Gasteiger partial charge in [-0.05, 0) is 56.0 Å². The van der Waals surface area contributed by atoms with Crippen molar-refractivity contribution in [2.75, 3.05) is 11.9 Å². The average molecular weight is 387 g/mol. The van der Waals surface area contributed by atoms with E-state index in [1.165, 1.54) is 0 Å².